The third kappa shape index (κ3) is 4.17. The highest BCUT2D eigenvalue weighted by molar-refractivity contribution is 6.11. The number of anilines is 2. The van der Waals surface area contributed by atoms with Crippen LogP contribution in [0.5, 0.6) is 0 Å². The van der Waals surface area contributed by atoms with Crippen LogP contribution in [-0.4, -0.2) is 20.2 Å². The zero-order valence-corrected chi connectivity index (χ0v) is 20.5. The molecule has 0 atom stereocenters. The van der Waals surface area contributed by atoms with Gasteiger partial charge in [0.05, 0.1) is 28.7 Å². The number of fused-ring (bicyclic) bond motifs is 3. The molecule has 0 spiro atoms. The number of nitrogens with zero attached hydrogens (tertiary/aromatic N) is 4. The summed E-state index contributed by atoms with van der Waals surface area (Å²) >= 11 is 0. The number of nitrogens with one attached hydrogen (secondary N) is 2. The minimum Gasteiger partial charge on any atom is -0.340 e. The molecule has 3 heterocycles. The standard InChI is InChI=1S/C31H24N6/c1-31(2,19-32)23-12-9-20(10-13-23)30-29-25-17-22(11-14-26(25)34-18-27(29)36-37-30)21-6-5-7-24(16-21)35-28-8-3-4-15-33-28/h3-18H,1-2H3,(H,33,35)(H,36,37). The first-order valence-corrected chi connectivity index (χ1v) is 12.1. The highest BCUT2D eigenvalue weighted by Gasteiger charge is 2.20. The lowest BCUT2D eigenvalue weighted by atomic mass is 9.86. The molecule has 6 heteroatoms. The zero-order valence-electron chi connectivity index (χ0n) is 20.5. The highest BCUT2D eigenvalue weighted by Crippen LogP contribution is 2.35. The number of hydrogen-bond donors (Lipinski definition) is 2. The minimum atomic E-state index is -0.544. The second-order valence-corrected chi connectivity index (χ2v) is 9.59. The van der Waals surface area contributed by atoms with E-state index in [-0.39, 0.29) is 0 Å². The van der Waals surface area contributed by atoms with Gasteiger partial charge in [0.15, 0.2) is 0 Å². The molecule has 0 aliphatic carbocycles. The first-order valence-electron chi connectivity index (χ1n) is 12.1. The van der Waals surface area contributed by atoms with Gasteiger partial charge in [0.2, 0.25) is 0 Å². The lowest BCUT2D eigenvalue weighted by Crippen LogP contribution is -2.13. The van der Waals surface area contributed by atoms with Crippen LogP contribution in [0, 0.1) is 11.3 Å². The van der Waals surface area contributed by atoms with Crippen LogP contribution < -0.4 is 5.32 Å². The zero-order chi connectivity index (χ0) is 25.4. The van der Waals surface area contributed by atoms with Crippen LogP contribution in [-0.2, 0) is 5.41 Å². The van der Waals surface area contributed by atoms with Crippen molar-refractivity contribution in [3.8, 4) is 28.5 Å². The van der Waals surface area contributed by atoms with Crippen LogP contribution >= 0.6 is 0 Å². The fourth-order valence-electron chi connectivity index (χ4n) is 4.56. The van der Waals surface area contributed by atoms with E-state index in [0.29, 0.717) is 0 Å². The molecule has 0 bridgehead atoms. The van der Waals surface area contributed by atoms with Gasteiger partial charge in [-0.15, -0.1) is 0 Å². The molecule has 2 N–H and O–H groups in total. The monoisotopic (exact) mass is 480 g/mol. The maximum atomic E-state index is 9.49. The number of aromatic nitrogens is 4. The molecule has 3 aromatic heterocycles. The van der Waals surface area contributed by atoms with E-state index in [4.69, 9.17) is 0 Å². The van der Waals surface area contributed by atoms with E-state index < -0.39 is 5.41 Å². The van der Waals surface area contributed by atoms with Crippen molar-refractivity contribution in [1.82, 2.24) is 20.2 Å². The Balaban J connectivity index is 1.43. The van der Waals surface area contributed by atoms with Gasteiger partial charge in [-0.3, -0.25) is 10.1 Å². The van der Waals surface area contributed by atoms with Crippen molar-refractivity contribution in [2.45, 2.75) is 19.3 Å². The quantitative estimate of drug-likeness (QED) is 0.269. The van der Waals surface area contributed by atoms with E-state index in [0.717, 1.165) is 61.3 Å². The third-order valence-corrected chi connectivity index (χ3v) is 6.69. The Hall–Kier alpha value is -5.02. The molecule has 0 amide bonds. The van der Waals surface area contributed by atoms with Crippen LogP contribution in [0.25, 0.3) is 44.2 Å². The van der Waals surface area contributed by atoms with Gasteiger partial charge < -0.3 is 5.32 Å². The average Bonchev–Trinajstić information content (AvgIpc) is 3.38. The van der Waals surface area contributed by atoms with Crippen LogP contribution in [0.4, 0.5) is 11.5 Å². The summed E-state index contributed by atoms with van der Waals surface area (Å²) in [4.78, 5) is 9.02. The van der Waals surface area contributed by atoms with Crippen molar-refractivity contribution < 1.29 is 0 Å². The summed E-state index contributed by atoms with van der Waals surface area (Å²) in [5, 5.41) is 22.7. The van der Waals surface area contributed by atoms with Crippen LogP contribution in [0.3, 0.4) is 0 Å². The maximum Gasteiger partial charge on any atom is 0.130 e. The number of pyridine rings is 2. The van der Waals surface area contributed by atoms with Crippen LogP contribution in [0.15, 0.2) is 97.3 Å². The Morgan fingerprint density at radius 2 is 1.65 bits per heavy atom. The lowest BCUT2D eigenvalue weighted by Gasteiger charge is -2.15. The van der Waals surface area contributed by atoms with E-state index in [1.54, 1.807) is 6.20 Å². The molecule has 6 nitrogen and oxygen atoms in total. The summed E-state index contributed by atoms with van der Waals surface area (Å²) in [5.74, 6) is 0.802. The molecule has 6 aromatic rings. The predicted molar refractivity (Wildman–Crippen MR) is 148 cm³/mol. The SMILES string of the molecule is CC(C)(C#N)c1ccc(-c2n[nH]c3cnc4ccc(-c5cccc(Nc6ccccn6)c5)cc4c23)cc1. The van der Waals surface area contributed by atoms with Gasteiger partial charge in [-0.2, -0.15) is 10.4 Å². The molecular formula is C31H24N6. The van der Waals surface area contributed by atoms with Crippen molar-refractivity contribution in [1.29, 1.82) is 5.26 Å². The van der Waals surface area contributed by atoms with Gasteiger partial charge in [0, 0.05) is 28.2 Å². The molecule has 0 saturated heterocycles. The number of nitriles is 1. The summed E-state index contributed by atoms with van der Waals surface area (Å²) in [5.41, 5.74) is 7.23. The Labute approximate surface area is 214 Å². The van der Waals surface area contributed by atoms with Crippen molar-refractivity contribution >= 4 is 33.3 Å². The topological polar surface area (TPSA) is 90.3 Å². The maximum absolute atomic E-state index is 9.49. The molecule has 0 unspecified atom stereocenters. The van der Waals surface area contributed by atoms with Gasteiger partial charge in [0.25, 0.3) is 0 Å². The molecule has 6 rings (SSSR count). The molecule has 37 heavy (non-hydrogen) atoms. The number of benzene rings is 3. The summed E-state index contributed by atoms with van der Waals surface area (Å²) in [6, 6.07) is 30.9. The molecular weight excluding hydrogens is 456 g/mol. The van der Waals surface area contributed by atoms with E-state index in [2.05, 4.69) is 61.9 Å². The average molecular weight is 481 g/mol. The van der Waals surface area contributed by atoms with Gasteiger partial charge in [-0.1, -0.05) is 48.5 Å². The van der Waals surface area contributed by atoms with Gasteiger partial charge in [-0.05, 0) is 66.9 Å². The Bertz CT molecular complexity index is 1780. The molecule has 0 aliphatic rings. The van der Waals surface area contributed by atoms with E-state index in [1.807, 2.05) is 74.6 Å². The number of H-pyrrole nitrogens is 1. The van der Waals surface area contributed by atoms with Crippen LogP contribution in [0.1, 0.15) is 19.4 Å². The summed E-state index contributed by atoms with van der Waals surface area (Å²) in [7, 11) is 0. The Morgan fingerprint density at radius 1 is 0.838 bits per heavy atom. The second-order valence-electron chi connectivity index (χ2n) is 9.59. The van der Waals surface area contributed by atoms with Crippen molar-refractivity contribution in [2.24, 2.45) is 0 Å². The summed E-state index contributed by atoms with van der Waals surface area (Å²) in [6.07, 6.45) is 3.60. The lowest BCUT2D eigenvalue weighted by molar-refractivity contribution is 0.687. The molecule has 3 aromatic carbocycles. The van der Waals surface area contributed by atoms with E-state index >= 15 is 0 Å². The Kier molecular flexibility index (Phi) is 5.39. The van der Waals surface area contributed by atoms with Crippen LogP contribution in [0.2, 0.25) is 0 Å². The van der Waals surface area contributed by atoms with Crippen molar-refractivity contribution in [2.75, 3.05) is 5.32 Å². The highest BCUT2D eigenvalue weighted by atomic mass is 15.1. The molecule has 0 saturated carbocycles. The third-order valence-electron chi connectivity index (χ3n) is 6.69. The first kappa shape index (κ1) is 22.4. The molecule has 0 aliphatic heterocycles. The molecule has 0 fully saturated rings. The van der Waals surface area contributed by atoms with E-state index in [9.17, 15) is 5.26 Å². The predicted octanol–water partition coefficient (Wildman–Crippen LogP) is 7.38. The van der Waals surface area contributed by atoms with Crippen molar-refractivity contribution in [3.63, 3.8) is 0 Å². The summed E-state index contributed by atoms with van der Waals surface area (Å²) in [6.45, 7) is 3.85. The molecule has 0 radical (unpaired) electrons. The summed E-state index contributed by atoms with van der Waals surface area (Å²) < 4.78 is 0. The first-order chi connectivity index (χ1) is 18.0. The smallest absolute Gasteiger partial charge is 0.130 e. The molecule has 178 valence electrons. The number of rotatable bonds is 5. The van der Waals surface area contributed by atoms with Crippen molar-refractivity contribution in [3.05, 3.63) is 103 Å². The van der Waals surface area contributed by atoms with Gasteiger partial charge in [0.1, 0.15) is 11.5 Å². The van der Waals surface area contributed by atoms with Gasteiger partial charge in [-0.25, -0.2) is 4.98 Å². The van der Waals surface area contributed by atoms with Gasteiger partial charge >= 0.3 is 0 Å². The normalized spacial score (nSPS) is 11.5. The van der Waals surface area contributed by atoms with E-state index in [1.165, 1.54) is 0 Å². The largest absolute Gasteiger partial charge is 0.340 e. The minimum absolute atomic E-state index is 0.544. The number of hydrogen-bond acceptors (Lipinski definition) is 5. The second kappa shape index (κ2) is 8.89. The number of aromatic amines is 1. The fraction of sp³-hybridized carbons (Fsp3) is 0.0968. The Morgan fingerprint density at radius 3 is 2.43 bits per heavy atom. The fourth-order valence-corrected chi connectivity index (χ4v) is 4.56.